The molecule has 3 aliphatic rings. The molecule has 3 rings (SSSR count). The van der Waals surface area contributed by atoms with E-state index in [4.69, 9.17) is 14.5 Å². The predicted octanol–water partition coefficient (Wildman–Crippen LogP) is 2.89. The number of methoxy groups -OCH3 is 1. The minimum absolute atomic E-state index is 0. The summed E-state index contributed by atoms with van der Waals surface area (Å²) in [6.45, 7) is 13.7. The first-order valence-electron chi connectivity index (χ1n) is 9.05. The molecule has 1 aliphatic carbocycles. The number of nitrogens with zero attached hydrogens (tertiary/aromatic N) is 2. The van der Waals surface area contributed by atoms with Gasteiger partial charge in [0.2, 0.25) is 0 Å². The SMILES string of the molecule is CCN=C(NC1CC(C)(OC)C1(C)C)N1CCC2(CCOC2)C1.I. The summed E-state index contributed by atoms with van der Waals surface area (Å²) >= 11 is 0. The van der Waals surface area contributed by atoms with Crippen LogP contribution >= 0.6 is 24.0 Å². The van der Waals surface area contributed by atoms with E-state index >= 15 is 0 Å². The van der Waals surface area contributed by atoms with E-state index in [1.54, 1.807) is 0 Å². The molecule has 3 atom stereocenters. The molecule has 0 radical (unpaired) electrons. The third-order valence-corrected chi connectivity index (χ3v) is 6.81. The van der Waals surface area contributed by atoms with Crippen molar-refractivity contribution in [2.75, 3.05) is 40.0 Å². The molecule has 5 nitrogen and oxygen atoms in total. The Bertz CT molecular complexity index is 477. The molecular formula is C18H34IN3O2. The van der Waals surface area contributed by atoms with Gasteiger partial charge >= 0.3 is 0 Å². The third-order valence-electron chi connectivity index (χ3n) is 6.81. The summed E-state index contributed by atoms with van der Waals surface area (Å²) in [5, 5.41) is 3.74. The van der Waals surface area contributed by atoms with Gasteiger partial charge in [-0.25, -0.2) is 0 Å². The van der Waals surface area contributed by atoms with Crippen molar-refractivity contribution in [1.29, 1.82) is 0 Å². The standard InChI is InChI=1S/C18H33N3O2.HI/c1-6-19-15(20-14-11-17(4,22-5)16(14,2)3)21-9-7-18(12-21)8-10-23-13-18;/h14H,6-13H2,1-5H3,(H,19,20);1H. The molecule has 2 heterocycles. The lowest BCUT2D eigenvalue weighted by molar-refractivity contribution is -0.177. The van der Waals surface area contributed by atoms with Gasteiger partial charge in [-0.1, -0.05) is 13.8 Å². The minimum Gasteiger partial charge on any atom is -0.381 e. The fourth-order valence-corrected chi connectivity index (χ4v) is 4.35. The molecule has 140 valence electrons. The second kappa shape index (κ2) is 7.27. The molecule has 1 spiro atoms. The van der Waals surface area contributed by atoms with Crippen molar-refractivity contribution in [2.24, 2.45) is 15.8 Å². The highest BCUT2D eigenvalue weighted by Crippen LogP contribution is 2.51. The van der Waals surface area contributed by atoms with Crippen molar-refractivity contribution in [3.05, 3.63) is 0 Å². The van der Waals surface area contributed by atoms with E-state index in [9.17, 15) is 0 Å². The van der Waals surface area contributed by atoms with E-state index in [2.05, 4.69) is 37.9 Å². The Balaban J connectivity index is 0.00000208. The lowest BCUT2D eigenvalue weighted by Gasteiger charge is -2.59. The largest absolute Gasteiger partial charge is 0.381 e. The number of halogens is 1. The van der Waals surface area contributed by atoms with Gasteiger partial charge in [0.1, 0.15) is 0 Å². The van der Waals surface area contributed by atoms with Crippen LogP contribution in [0.25, 0.3) is 0 Å². The summed E-state index contributed by atoms with van der Waals surface area (Å²) in [6, 6.07) is 0.411. The fraction of sp³-hybridized carbons (Fsp3) is 0.944. The van der Waals surface area contributed by atoms with Crippen LogP contribution in [-0.4, -0.2) is 62.5 Å². The van der Waals surface area contributed by atoms with Gasteiger partial charge in [-0.05, 0) is 33.1 Å². The van der Waals surface area contributed by atoms with Crippen molar-refractivity contribution >= 4 is 29.9 Å². The first-order valence-corrected chi connectivity index (χ1v) is 9.05. The van der Waals surface area contributed by atoms with Gasteiger partial charge in [0, 0.05) is 50.2 Å². The molecule has 0 amide bonds. The van der Waals surface area contributed by atoms with Gasteiger partial charge < -0.3 is 19.7 Å². The highest BCUT2D eigenvalue weighted by atomic mass is 127. The summed E-state index contributed by atoms with van der Waals surface area (Å²) in [7, 11) is 1.82. The van der Waals surface area contributed by atoms with E-state index in [0.29, 0.717) is 11.5 Å². The molecule has 3 fully saturated rings. The molecule has 1 N–H and O–H groups in total. The molecule has 3 unspecified atom stereocenters. The number of hydrogen-bond donors (Lipinski definition) is 1. The zero-order valence-corrected chi connectivity index (χ0v) is 18.2. The monoisotopic (exact) mass is 451 g/mol. The third kappa shape index (κ3) is 3.30. The van der Waals surface area contributed by atoms with Crippen LogP contribution in [0.3, 0.4) is 0 Å². The highest BCUT2D eigenvalue weighted by Gasteiger charge is 2.58. The Labute approximate surface area is 164 Å². The minimum atomic E-state index is -0.0481. The molecule has 1 saturated carbocycles. The van der Waals surface area contributed by atoms with Gasteiger partial charge in [0.05, 0.1) is 12.2 Å². The molecule has 0 bridgehead atoms. The average molecular weight is 451 g/mol. The zero-order chi connectivity index (χ0) is 16.7. The Morgan fingerprint density at radius 1 is 1.33 bits per heavy atom. The van der Waals surface area contributed by atoms with Crippen LogP contribution in [0.5, 0.6) is 0 Å². The molecule has 0 aromatic rings. The Kier molecular flexibility index (Phi) is 6.13. The lowest BCUT2D eigenvalue weighted by Crippen LogP contribution is -2.69. The molecular weight excluding hydrogens is 417 g/mol. The molecule has 6 heteroatoms. The van der Waals surface area contributed by atoms with Crippen LogP contribution in [0.1, 0.15) is 47.0 Å². The van der Waals surface area contributed by atoms with Crippen molar-refractivity contribution in [2.45, 2.75) is 58.6 Å². The summed E-state index contributed by atoms with van der Waals surface area (Å²) < 4.78 is 11.4. The lowest BCUT2D eigenvalue weighted by atomic mass is 9.56. The number of aliphatic imine (C=N–C) groups is 1. The first-order chi connectivity index (χ1) is 10.9. The maximum absolute atomic E-state index is 5.75. The van der Waals surface area contributed by atoms with Crippen molar-refractivity contribution < 1.29 is 9.47 Å². The molecule has 0 aromatic heterocycles. The highest BCUT2D eigenvalue weighted by molar-refractivity contribution is 14.0. The maximum atomic E-state index is 5.75. The van der Waals surface area contributed by atoms with Crippen molar-refractivity contribution in [1.82, 2.24) is 10.2 Å². The van der Waals surface area contributed by atoms with Gasteiger partial charge in [0.15, 0.2) is 5.96 Å². The van der Waals surface area contributed by atoms with Crippen LogP contribution in [0.2, 0.25) is 0 Å². The van der Waals surface area contributed by atoms with E-state index < -0.39 is 0 Å². The topological polar surface area (TPSA) is 46.1 Å². The number of hydrogen-bond acceptors (Lipinski definition) is 3. The summed E-state index contributed by atoms with van der Waals surface area (Å²) in [5.74, 6) is 1.08. The van der Waals surface area contributed by atoms with E-state index in [0.717, 1.165) is 45.2 Å². The smallest absolute Gasteiger partial charge is 0.194 e. The van der Waals surface area contributed by atoms with Gasteiger partial charge in [-0.3, -0.25) is 4.99 Å². The van der Waals surface area contributed by atoms with Crippen LogP contribution in [0.4, 0.5) is 0 Å². The van der Waals surface area contributed by atoms with Crippen LogP contribution < -0.4 is 5.32 Å². The zero-order valence-electron chi connectivity index (χ0n) is 15.9. The van der Waals surface area contributed by atoms with Gasteiger partial charge in [0.25, 0.3) is 0 Å². The number of rotatable bonds is 3. The second-order valence-corrected chi connectivity index (χ2v) is 8.33. The van der Waals surface area contributed by atoms with E-state index in [1.165, 1.54) is 12.8 Å². The number of likely N-dealkylation sites (tertiary alicyclic amines) is 1. The number of ether oxygens (including phenoxy) is 2. The fourth-order valence-electron chi connectivity index (χ4n) is 4.35. The second-order valence-electron chi connectivity index (χ2n) is 8.33. The van der Waals surface area contributed by atoms with Gasteiger partial charge in [-0.15, -0.1) is 24.0 Å². The van der Waals surface area contributed by atoms with Crippen molar-refractivity contribution in [3.63, 3.8) is 0 Å². The number of nitrogens with one attached hydrogen (secondary N) is 1. The summed E-state index contributed by atoms with van der Waals surface area (Å²) in [4.78, 5) is 7.21. The molecule has 0 aromatic carbocycles. The first kappa shape index (κ1) is 20.2. The Morgan fingerprint density at radius 2 is 2.08 bits per heavy atom. The molecule has 2 saturated heterocycles. The summed E-state index contributed by atoms with van der Waals surface area (Å²) in [5.41, 5.74) is 0.421. The van der Waals surface area contributed by atoms with Crippen LogP contribution in [0.15, 0.2) is 4.99 Å². The van der Waals surface area contributed by atoms with E-state index in [1.807, 2.05) is 7.11 Å². The predicted molar refractivity (Wildman–Crippen MR) is 108 cm³/mol. The van der Waals surface area contributed by atoms with Crippen LogP contribution in [0, 0.1) is 10.8 Å². The molecule has 24 heavy (non-hydrogen) atoms. The number of guanidine groups is 1. The molecule has 2 aliphatic heterocycles. The average Bonchev–Trinajstić information content (AvgIpc) is 3.16. The Hall–Kier alpha value is -0.0800. The quantitative estimate of drug-likeness (QED) is 0.407. The van der Waals surface area contributed by atoms with E-state index in [-0.39, 0.29) is 35.0 Å². The van der Waals surface area contributed by atoms with Crippen molar-refractivity contribution in [3.8, 4) is 0 Å². The Morgan fingerprint density at radius 3 is 2.62 bits per heavy atom. The maximum Gasteiger partial charge on any atom is 0.194 e. The normalized spacial score (nSPS) is 38.1. The summed E-state index contributed by atoms with van der Waals surface area (Å²) in [6.07, 6.45) is 3.45. The van der Waals surface area contributed by atoms with Gasteiger partial charge in [-0.2, -0.15) is 0 Å². The van der Waals surface area contributed by atoms with Crippen LogP contribution in [-0.2, 0) is 9.47 Å².